The molecule has 2 N–H and O–H groups in total. The molecule has 5 heteroatoms. The lowest BCUT2D eigenvalue weighted by atomic mass is 10.2. The minimum absolute atomic E-state index is 0.0287. The molecule has 1 aromatic rings. The molecule has 0 atom stereocenters. The van der Waals surface area contributed by atoms with E-state index in [4.69, 9.17) is 22.7 Å². The molecule has 0 saturated carbocycles. The molecule has 0 heterocycles. The fourth-order valence-corrected chi connectivity index (χ4v) is 2.16. The van der Waals surface area contributed by atoms with E-state index in [1.807, 2.05) is 11.8 Å². The molecule has 1 aromatic carbocycles. The summed E-state index contributed by atoms with van der Waals surface area (Å²) < 4.78 is 19.0. The van der Waals surface area contributed by atoms with Crippen LogP contribution in [0.5, 0.6) is 5.75 Å². The van der Waals surface area contributed by atoms with E-state index in [0.29, 0.717) is 12.4 Å². The third-order valence-electron chi connectivity index (χ3n) is 2.12. The van der Waals surface area contributed by atoms with Crippen molar-refractivity contribution in [3.63, 3.8) is 0 Å². The van der Waals surface area contributed by atoms with Crippen molar-refractivity contribution in [1.29, 1.82) is 0 Å². The van der Waals surface area contributed by atoms with E-state index >= 15 is 0 Å². The minimum atomic E-state index is -0.432. The van der Waals surface area contributed by atoms with E-state index in [1.54, 1.807) is 12.1 Å². The highest BCUT2D eigenvalue weighted by atomic mass is 32.2. The third-order valence-corrected chi connectivity index (χ3v) is 3.31. The Bertz CT molecular complexity index is 385. The van der Waals surface area contributed by atoms with Gasteiger partial charge in [0.2, 0.25) is 0 Å². The largest absolute Gasteiger partial charge is 0.493 e. The van der Waals surface area contributed by atoms with E-state index in [9.17, 15) is 4.39 Å². The number of ether oxygens (including phenoxy) is 1. The van der Waals surface area contributed by atoms with Crippen molar-refractivity contribution in [3.8, 4) is 5.75 Å². The second kappa shape index (κ2) is 7.50. The monoisotopic (exact) mass is 273 g/mol. The van der Waals surface area contributed by atoms with Gasteiger partial charge in [-0.05, 0) is 30.1 Å². The molecule has 0 spiro atoms. The van der Waals surface area contributed by atoms with Crippen molar-refractivity contribution < 1.29 is 9.13 Å². The minimum Gasteiger partial charge on any atom is -0.493 e. The van der Waals surface area contributed by atoms with E-state index in [-0.39, 0.29) is 10.6 Å². The van der Waals surface area contributed by atoms with Gasteiger partial charge >= 0.3 is 0 Å². The first-order chi connectivity index (χ1) is 8.16. The van der Waals surface area contributed by atoms with E-state index in [2.05, 4.69) is 6.92 Å². The van der Waals surface area contributed by atoms with E-state index < -0.39 is 5.82 Å². The van der Waals surface area contributed by atoms with Crippen LogP contribution < -0.4 is 10.5 Å². The molecule has 0 aromatic heterocycles. The quantitative estimate of drug-likeness (QED) is 0.612. The first-order valence-corrected chi connectivity index (χ1v) is 7.02. The molecule has 2 nitrogen and oxygen atoms in total. The summed E-state index contributed by atoms with van der Waals surface area (Å²) in [5.74, 6) is 2.13. The van der Waals surface area contributed by atoms with Crippen molar-refractivity contribution in [3.05, 3.63) is 29.6 Å². The molecule has 0 amide bonds. The van der Waals surface area contributed by atoms with Gasteiger partial charge in [-0.3, -0.25) is 0 Å². The fourth-order valence-electron chi connectivity index (χ4n) is 1.35. The summed E-state index contributed by atoms with van der Waals surface area (Å²) in [6.07, 6.45) is 0.922. The Labute approximate surface area is 111 Å². The first-order valence-electron chi connectivity index (χ1n) is 5.45. The highest BCUT2D eigenvalue weighted by molar-refractivity contribution is 7.99. The highest BCUT2D eigenvalue weighted by Crippen LogP contribution is 2.21. The van der Waals surface area contributed by atoms with Crippen molar-refractivity contribution >= 4 is 29.0 Å². The summed E-state index contributed by atoms with van der Waals surface area (Å²) in [5, 5.41) is 0. The Morgan fingerprint density at radius 3 is 2.94 bits per heavy atom. The lowest BCUT2D eigenvalue weighted by Crippen LogP contribution is -2.14. The van der Waals surface area contributed by atoms with Gasteiger partial charge in [-0.1, -0.05) is 25.2 Å². The normalized spacial score (nSPS) is 10.2. The van der Waals surface area contributed by atoms with Gasteiger partial charge in [0.05, 0.1) is 12.2 Å². The van der Waals surface area contributed by atoms with Crippen LogP contribution in [-0.4, -0.2) is 23.1 Å². The van der Waals surface area contributed by atoms with Crippen LogP contribution in [0, 0.1) is 5.82 Å². The highest BCUT2D eigenvalue weighted by Gasteiger charge is 2.11. The summed E-state index contributed by atoms with van der Waals surface area (Å²) in [4.78, 5) is 0.0287. The number of hydrogen-bond donors (Lipinski definition) is 1. The predicted molar refractivity (Wildman–Crippen MR) is 75.4 cm³/mol. The Morgan fingerprint density at radius 2 is 2.29 bits per heavy atom. The average Bonchev–Trinajstić information content (AvgIpc) is 2.28. The fraction of sp³-hybridized carbons (Fsp3) is 0.417. The summed E-state index contributed by atoms with van der Waals surface area (Å²) in [7, 11) is 0. The number of benzene rings is 1. The van der Waals surface area contributed by atoms with Gasteiger partial charge in [-0.25, -0.2) is 4.39 Å². The lowest BCUT2D eigenvalue weighted by Gasteiger charge is -2.11. The maximum atomic E-state index is 13.5. The molecule has 1 rings (SSSR count). The van der Waals surface area contributed by atoms with Gasteiger partial charge in [0.25, 0.3) is 0 Å². The Kier molecular flexibility index (Phi) is 6.29. The SMILES string of the molecule is CCSCCCOc1cccc(F)c1C(N)=S. The number of nitrogens with two attached hydrogens (primary N) is 1. The maximum Gasteiger partial charge on any atom is 0.137 e. The van der Waals surface area contributed by atoms with Gasteiger partial charge < -0.3 is 10.5 Å². The van der Waals surface area contributed by atoms with Crippen LogP contribution in [-0.2, 0) is 0 Å². The molecule has 0 saturated heterocycles. The average molecular weight is 273 g/mol. The number of thiocarbonyl (C=S) groups is 1. The number of hydrogen-bond acceptors (Lipinski definition) is 3. The second-order valence-electron chi connectivity index (χ2n) is 3.38. The molecule has 0 aliphatic heterocycles. The zero-order chi connectivity index (χ0) is 12.7. The summed E-state index contributed by atoms with van der Waals surface area (Å²) >= 11 is 6.66. The Morgan fingerprint density at radius 1 is 1.53 bits per heavy atom. The Balaban J connectivity index is 2.58. The molecule has 0 aliphatic rings. The first kappa shape index (κ1) is 14.3. The lowest BCUT2D eigenvalue weighted by molar-refractivity contribution is 0.316. The molecule has 0 bridgehead atoms. The molecule has 0 aliphatic carbocycles. The molecule has 0 unspecified atom stereocenters. The third kappa shape index (κ3) is 4.52. The molecule has 0 fully saturated rings. The van der Waals surface area contributed by atoms with Crippen LogP contribution in [0.3, 0.4) is 0 Å². The number of thioether (sulfide) groups is 1. The second-order valence-corrected chi connectivity index (χ2v) is 5.21. The zero-order valence-corrected chi connectivity index (χ0v) is 11.4. The van der Waals surface area contributed by atoms with Crippen molar-refractivity contribution in [2.75, 3.05) is 18.1 Å². The molecule has 94 valence electrons. The predicted octanol–water partition coefficient (Wildman–Crippen LogP) is 2.98. The number of halogens is 1. The smallest absolute Gasteiger partial charge is 0.137 e. The zero-order valence-electron chi connectivity index (χ0n) is 9.74. The van der Waals surface area contributed by atoms with Crippen LogP contribution in [0.25, 0.3) is 0 Å². The van der Waals surface area contributed by atoms with Gasteiger partial charge in [-0.15, -0.1) is 0 Å². The molecular formula is C12H16FNOS2. The van der Waals surface area contributed by atoms with Gasteiger partial charge in [0.1, 0.15) is 16.6 Å². The van der Waals surface area contributed by atoms with Crippen LogP contribution in [0.1, 0.15) is 18.9 Å². The summed E-state index contributed by atoms with van der Waals surface area (Å²) in [6.45, 7) is 2.66. The molecule has 0 radical (unpaired) electrons. The molecular weight excluding hydrogens is 257 g/mol. The van der Waals surface area contributed by atoms with Gasteiger partial charge in [-0.2, -0.15) is 11.8 Å². The standard InChI is InChI=1S/C12H16FNOS2/c1-2-17-8-4-7-15-10-6-3-5-9(13)11(10)12(14)16/h3,5-6H,2,4,7-8H2,1H3,(H2,14,16). The Hall–Kier alpha value is -0.810. The van der Waals surface area contributed by atoms with Gasteiger partial charge in [0.15, 0.2) is 0 Å². The van der Waals surface area contributed by atoms with Crippen molar-refractivity contribution in [1.82, 2.24) is 0 Å². The van der Waals surface area contributed by atoms with E-state index in [0.717, 1.165) is 17.9 Å². The summed E-state index contributed by atoms with van der Waals surface area (Å²) in [6, 6.07) is 4.60. The van der Waals surface area contributed by atoms with Crippen LogP contribution in [0.15, 0.2) is 18.2 Å². The maximum absolute atomic E-state index is 13.5. The van der Waals surface area contributed by atoms with Crippen LogP contribution in [0.4, 0.5) is 4.39 Å². The van der Waals surface area contributed by atoms with E-state index in [1.165, 1.54) is 6.07 Å². The van der Waals surface area contributed by atoms with Crippen molar-refractivity contribution in [2.24, 2.45) is 5.73 Å². The summed E-state index contributed by atoms with van der Waals surface area (Å²) in [5.41, 5.74) is 5.67. The van der Waals surface area contributed by atoms with Crippen LogP contribution in [0.2, 0.25) is 0 Å². The van der Waals surface area contributed by atoms with Gasteiger partial charge in [0, 0.05) is 0 Å². The molecule has 17 heavy (non-hydrogen) atoms. The van der Waals surface area contributed by atoms with Crippen LogP contribution >= 0.6 is 24.0 Å². The number of rotatable bonds is 7. The topological polar surface area (TPSA) is 35.2 Å². The van der Waals surface area contributed by atoms with Crippen molar-refractivity contribution in [2.45, 2.75) is 13.3 Å².